The lowest BCUT2D eigenvalue weighted by molar-refractivity contribution is -0.133. The lowest BCUT2D eigenvalue weighted by Gasteiger charge is -2.21. The maximum Gasteiger partial charge on any atom is 0.245 e. The van der Waals surface area contributed by atoms with E-state index in [9.17, 15) is 9.59 Å². The first-order chi connectivity index (χ1) is 9.97. The van der Waals surface area contributed by atoms with E-state index >= 15 is 0 Å². The number of nitrogens with zero attached hydrogens (tertiary/aromatic N) is 2. The molecule has 2 rings (SSSR count). The summed E-state index contributed by atoms with van der Waals surface area (Å²) in [4.78, 5) is 30.2. The number of likely N-dealkylation sites (tertiary alicyclic amines) is 1. The van der Waals surface area contributed by atoms with Crippen molar-refractivity contribution in [2.75, 3.05) is 6.54 Å². The monoisotopic (exact) mass is 309 g/mol. The first kappa shape index (κ1) is 15.9. The Bertz CT molecular complexity index is 513. The van der Waals surface area contributed by atoms with E-state index in [1.807, 2.05) is 31.1 Å². The van der Waals surface area contributed by atoms with Gasteiger partial charge in [0.25, 0.3) is 0 Å². The first-order valence-electron chi connectivity index (χ1n) is 7.48. The summed E-state index contributed by atoms with van der Waals surface area (Å²) in [5.41, 5.74) is 1.05. The number of aromatic nitrogens is 1. The molecule has 1 aromatic heterocycles. The molecule has 2 heterocycles. The van der Waals surface area contributed by atoms with E-state index in [2.05, 4.69) is 10.3 Å². The van der Waals surface area contributed by atoms with Gasteiger partial charge in [0.1, 0.15) is 6.04 Å². The molecule has 1 unspecified atom stereocenters. The van der Waals surface area contributed by atoms with Crippen molar-refractivity contribution < 1.29 is 9.59 Å². The quantitative estimate of drug-likeness (QED) is 0.873. The fourth-order valence-corrected chi connectivity index (χ4v) is 3.22. The van der Waals surface area contributed by atoms with Crippen LogP contribution in [0, 0.1) is 6.92 Å². The van der Waals surface area contributed by atoms with Gasteiger partial charge in [0.05, 0.1) is 10.7 Å². The van der Waals surface area contributed by atoms with Gasteiger partial charge in [0.15, 0.2) is 0 Å². The third kappa shape index (κ3) is 4.27. The largest absolute Gasteiger partial charge is 0.344 e. The number of amides is 2. The number of hydrogen-bond acceptors (Lipinski definition) is 4. The van der Waals surface area contributed by atoms with E-state index in [0.29, 0.717) is 12.8 Å². The van der Waals surface area contributed by atoms with E-state index in [0.717, 1.165) is 30.1 Å². The molecule has 1 atom stereocenters. The Hall–Kier alpha value is -1.43. The highest BCUT2D eigenvalue weighted by molar-refractivity contribution is 7.09. The molecule has 116 valence electrons. The average Bonchev–Trinajstić information content (AvgIpc) is 2.97. The zero-order valence-electron chi connectivity index (χ0n) is 12.9. The molecule has 1 aromatic rings. The van der Waals surface area contributed by atoms with Crippen LogP contribution in [0.25, 0.3) is 0 Å². The molecule has 0 spiro atoms. The van der Waals surface area contributed by atoms with Crippen LogP contribution in [-0.4, -0.2) is 40.3 Å². The minimum absolute atomic E-state index is 0.0362. The van der Waals surface area contributed by atoms with Crippen molar-refractivity contribution >= 4 is 23.2 Å². The molecule has 0 aromatic carbocycles. The molecule has 21 heavy (non-hydrogen) atoms. The lowest BCUT2D eigenvalue weighted by atomic mass is 10.2. The number of aryl methyl sites for hydroxylation is 2. The van der Waals surface area contributed by atoms with Crippen molar-refractivity contribution in [3.05, 3.63) is 16.1 Å². The highest BCUT2D eigenvalue weighted by atomic mass is 32.1. The molecule has 1 saturated heterocycles. The fourth-order valence-electron chi connectivity index (χ4n) is 2.57. The molecular weight excluding hydrogens is 286 g/mol. The highest BCUT2D eigenvalue weighted by Crippen LogP contribution is 2.15. The summed E-state index contributed by atoms with van der Waals surface area (Å²) in [5.74, 6) is 0.0133. The topological polar surface area (TPSA) is 62.3 Å². The zero-order chi connectivity index (χ0) is 15.4. The van der Waals surface area contributed by atoms with Crippen LogP contribution in [0.5, 0.6) is 0 Å². The van der Waals surface area contributed by atoms with Gasteiger partial charge in [-0.2, -0.15) is 0 Å². The van der Waals surface area contributed by atoms with Crippen LogP contribution in [0.2, 0.25) is 0 Å². The SMILES string of the molecule is Cc1nc(CCCC(=O)NC2CCN(C(C)C)C2=O)cs1. The van der Waals surface area contributed by atoms with Crippen LogP contribution in [-0.2, 0) is 16.0 Å². The van der Waals surface area contributed by atoms with Crippen molar-refractivity contribution in [3.63, 3.8) is 0 Å². The normalized spacial score (nSPS) is 18.6. The second-order valence-electron chi connectivity index (χ2n) is 5.75. The second-order valence-corrected chi connectivity index (χ2v) is 6.81. The summed E-state index contributed by atoms with van der Waals surface area (Å²) in [7, 11) is 0. The maximum absolute atomic E-state index is 12.1. The number of thiazole rings is 1. The van der Waals surface area contributed by atoms with Crippen molar-refractivity contribution in [3.8, 4) is 0 Å². The Morgan fingerprint density at radius 3 is 2.90 bits per heavy atom. The maximum atomic E-state index is 12.1. The number of rotatable bonds is 6. The molecule has 1 aliphatic heterocycles. The number of hydrogen-bond donors (Lipinski definition) is 1. The van der Waals surface area contributed by atoms with Crippen LogP contribution < -0.4 is 5.32 Å². The Balaban J connectivity index is 1.71. The molecule has 1 N–H and O–H groups in total. The first-order valence-corrected chi connectivity index (χ1v) is 8.36. The summed E-state index contributed by atoms with van der Waals surface area (Å²) in [6, 6.07) is -0.131. The van der Waals surface area contributed by atoms with Gasteiger partial charge in [0, 0.05) is 24.4 Å². The minimum Gasteiger partial charge on any atom is -0.344 e. The molecule has 5 nitrogen and oxygen atoms in total. The van der Waals surface area contributed by atoms with Gasteiger partial charge < -0.3 is 10.2 Å². The van der Waals surface area contributed by atoms with Crippen LogP contribution in [0.3, 0.4) is 0 Å². The molecule has 6 heteroatoms. The van der Waals surface area contributed by atoms with Gasteiger partial charge >= 0.3 is 0 Å². The second kappa shape index (κ2) is 7.02. The van der Waals surface area contributed by atoms with Gasteiger partial charge in [0.2, 0.25) is 11.8 Å². The summed E-state index contributed by atoms with van der Waals surface area (Å²) in [6.45, 7) is 6.71. The smallest absolute Gasteiger partial charge is 0.245 e. The zero-order valence-corrected chi connectivity index (χ0v) is 13.7. The number of nitrogens with one attached hydrogen (secondary N) is 1. The summed E-state index contributed by atoms with van der Waals surface area (Å²) in [6.07, 6.45) is 2.74. The van der Waals surface area contributed by atoms with Gasteiger partial charge in [-0.05, 0) is 40.0 Å². The lowest BCUT2D eigenvalue weighted by Crippen LogP contribution is -2.43. The molecule has 0 aliphatic carbocycles. The molecule has 0 saturated carbocycles. The standard InChI is InChI=1S/C15H23N3O2S/c1-10(2)18-8-7-13(15(18)20)17-14(19)6-4-5-12-9-21-11(3)16-12/h9-10,13H,4-8H2,1-3H3,(H,17,19). The van der Waals surface area contributed by atoms with Crippen LogP contribution in [0.15, 0.2) is 5.38 Å². The van der Waals surface area contributed by atoms with Crippen molar-refractivity contribution in [1.82, 2.24) is 15.2 Å². The van der Waals surface area contributed by atoms with Gasteiger partial charge in [-0.3, -0.25) is 9.59 Å². The molecule has 0 bridgehead atoms. The Kier molecular flexibility index (Phi) is 5.33. The van der Waals surface area contributed by atoms with Gasteiger partial charge in [-0.25, -0.2) is 4.98 Å². The molecule has 2 amide bonds. The van der Waals surface area contributed by atoms with Crippen molar-refractivity contribution in [1.29, 1.82) is 0 Å². The van der Waals surface area contributed by atoms with Crippen LogP contribution >= 0.6 is 11.3 Å². The predicted octanol–water partition coefficient (Wildman–Crippen LogP) is 1.90. The summed E-state index contributed by atoms with van der Waals surface area (Å²) >= 11 is 1.63. The van der Waals surface area contributed by atoms with E-state index in [1.54, 1.807) is 11.3 Å². The Morgan fingerprint density at radius 2 is 2.33 bits per heavy atom. The Labute approximate surface area is 129 Å². The third-order valence-corrected chi connectivity index (χ3v) is 4.52. The van der Waals surface area contributed by atoms with E-state index in [4.69, 9.17) is 0 Å². The Morgan fingerprint density at radius 1 is 1.57 bits per heavy atom. The van der Waals surface area contributed by atoms with E-state index in [-0.39, 0.29) is 23.9 Å². The van der Waals surface area contributed by atoms with Gasteiger partial charge in [-0.1, -0.05) is 0 Å². The number of carbonyl (C=O) groups excluding carboxylic acids is 2. The number of carbonyl (C=O) groups is 2. The fraction of sp³-hybridized carbons (Fsp3) is 0.667. The summed E-state index contributed by atoms with van der Waals surface area (Å²) in [5, 5.41) is 5.95. The average molecular weight is 309 g/mol. The molecule has 1 fully saturated rings. The molecular formula is C15H23N3O2S. The van der Waals surface area contributed by atoms with E-state index < -0.39 is 0 Å². The van der Waals surface area contributed by atoms with Crippen LogP contribution in [0.1, 0.15) is 43.8 Å². The van der Waals surface area contributed by atoms with Crippen molar-refractivity contribution in [2.45, 2.75) is 58.5 Å². The third-order valence-electron chi connectivity index (χ3n) is 3.70. The highest BCUT2D eigenvalue weighted by Gasteiger charge is 2.33. The summed E-state index contributed by atoms with van der Waals surface area (Å²) < 4.78 is 0. The van der Waals surface area contributed by atoms with Gasteiger partial charge in [-0.15, -0.1) is 11.3 Å². The van der Waals surface area contributed by atoms with Crippen molar-refractivity contribution in [2.24, 2.45) is 0 Å². The van der Waals surface area contributed by atoms with Crippen LogP contribution in [0.4, 0.5) is 0 Å². The van der Waals surface area contributed by atoms with E-state index in [1.165, 1.54) is 0 Å². The molecule has 0 radical (unpaired) electrons. The predicted molar refractivity (Wildman–Crippen MR) is 83.2 cm³/mol. The minimum atomic E-state index is -0.332. The molecule has 1 aliphatic rings.